The lowest BCUT2D eigenvalue weighted by atomic mass is 9.85. The molecule has 0 aromatic heterocycles. The van der Waals surface area contributed by atoms with Gasteiger partial charge in [-0.3, -0.25) is 4.79 Å². The van der Waals surface area contributed by atoms with Crippen LogP contribution in [0.1, 0.15) is 39.0 Å². The molecule has 15 heavy (non-hydrogen) atoms. The SMILES string of the molecule is CCCCC1C2CC(OC)C1CC(=O)O2. The maximum atomic E-state index is 11.3. The van der Waals surface area contributed by atoms with Crippen LogP contribution < -0.4 is 0 Å². The maximum Gasteiger partial charge on any atom is 0.306 e. The van der Waals surface area contributed by atoms with Gasteiger partial charge >= 0.3 is 5.97 Å². The molecule has 86 valence electrons. The van der Waals surface area contributed by atoms with E-state index >= 15 is 0 Å². The molecule has 1 aliphatic heterocycles. The zero-order chi connectivity index (χ0) is 10.8. The van der Waals surface area contributed by atoms with Gasteiger partial charge in [-0.1, -0.05) is 19.8 Å². The van der Waals surface area contributed by atoms with E-state index in [0.717, 1.165) is 6.42 Å². The van der Waals surface area contributed by atoms with E-state index in [2.05, 4.69) is 6.92 Å². The maximum absolute atomic E-state index is 11.3. The van der Waals surface area contributed by atoms with Crippen molar-refractivity contribution in [3.63, 3.8) is 0 Å². The first-order valence-corrected chi connectivity index (χ1v) is 5.98. The number of esters is 1. The average Bonchev–Trinajstić information content (AvgIpc) is 2.42. The first kappa shape index (κ1) is 10.9. The number of carbonyl (C=O) groups is 1. The van der Waals surface area contributed by atoms with Gasteiger partial charge in [-0.15, -0.1) is 0 Å². The summed E-state index contributed by atoms with van der Waals surface area (Å²) >= 11 is 0. The Morgan fingerprint density at radius 1 is 1.53 bits per heavy atom. The Labute approximate surface area is 91.1 Å². The molecule has 4 atom stereocenters. The quantitative estimate of drug-likeness (QED) is 0.670. The van der Waals surface area contributed by atoms with Crippen LogP contribution in [0.3, 0.4) is 0 Å². The Balaban J connectivity index is 2.03. The van der Waals surface area contributed by atoms with E-state index in [1.54, 1.807) is 7.11 Å². The number of unbranched alkanes of at least 4 members (excludes halogenated alkanes) is 1. The molecule has 0 aromatic rings. The largest absolute Gasteiger partial charge is 0.462 e. The van der Waals surface area contributed by atoms with Crippen molar-refractivity contribution in [3.05, 3.63) is 0 Å². The Morgan fingerprint density at radius 3 is 3.00 bits per heavy atom. The minimum Gasteiger partial charge on any atom is -0.462 e. The monoisotopic (exact) mass is 212 g/mol. The van der Waals surface area contributed by atoms with E-state index in [1.165, 1.54) is 19.3 Å². The predicted molar refractivity (Wildman–Crippen MR) is 56.4 cm³/mol. The van der Waals surface area contributed by atoms with Crippen LogP contribution in [0, 0.1) is 11.8 Å². The van der Waals surface area contributed by atoms with Crippen molar-refractivity contribution in [3.8, 4) is 0 Å². The molecule has 0 radical (unpaired) electrons. The van der Waals surface area contributed by atoms with E-state index in [-0.39, 0.29) is 18.2 Å². The van der Waals surface area contributed by atoms with E-state index < -0.39 is 0 Å². The highest BCUT2D eigenvalue weighted by atomic mass is 16.6. The van der Waals surface area contributed by atoms with Crippen LogP contribution in [0.2, 0.25) is 0 Å². The molecule has 3 heteroatoms. The number of hydrogen-bond acceptors (Lipinski definition) is 3. The topological polar surface area (TPSA) is 35.5 Å². The van der Waals surface area contributed by atoms with Gasteiger partial charge in [0.05, 0.1) is 12.5 Å². The lowest BCUT2D eigenvalue weighted by molar-refractivity contribution is -0.158. The van der Waals surface area contributed by atoms with E-state index in [4.69, 9.17) is 9.47 Å². The molecule has 2 fully saturated rings. The number of carbonyl (C=O) groups excluding carboxylic acids is 1. The van der Waals surface area contributed by atoms with Gasteiger partial charge in [0, 0.05) is 25.4 Å². The summed E-state index contributed by atoms with van der Waals surface area (Å²) < 4.78 is 10.9. The molecule has 0 spiro atoms. The first-order chi connectivity index (χ1) is 7.26. The third kappa shape index (κ3) is 2.03. The number of hydrogen-bond donors (Lipinski definition) is 0. The molecule has 0 amide bonds. The van der Waals surface area contributed by atoms with Crippen molar-refractivity contribution < 1.29 is 14.3 Å². The van der Waals surface area contributed by atoms with Crippen molar-refractivity contribution in [1.29, 1.82) is 0 Å². The van der Waals surface area contributed by atoms with Crippen molar-refractivity contribution in [2.45, 2.75) is 51.2 Å². The molecule has 1 heterocycles. The van der Waals surface area contributed by atoms with Crippen LogP contribution in [0.15, 0.2) is 0 Å². The van der Waals surface area contributed by atoms with Crippen LogP contribution in [0.25, 0.3) is 0 Å². The molecule has 2 aliphatic rings. The summed E-state index contributed by atoms with van der Waals surface area (Å²) in [6.45, 7) is 2.20. The second-order valence-corrected chi connectivity index (χ2v) is 4.71. The molecule has 3 nitrogen and oxygen atoms in total. The lowest BCUT2D eigenvalue weighted by Gasteiger charge is -2.30. The fourth-order valence-corrected chi connectivity index (χ4v) is 3.07. The Morgan fingerprint density at radius 2 is 2.33 bits per heavy atom. The van der Waals surface area contributed by atoms with Gasteiger partial charge in [0.25, 0.3) is 0 Å². The van der Waals surface area contributed by atoms with Gasteiger partial charge in [0.1, 0.15) is 6.10 Å². The van der Waals surface area contributed by atoms with E-state index in [1.807, 2.05) is 0 Å². The van der Waals surface area contributed by atoms with Crippen LogP contribution in [-0.2, 0) is 14.3 Å². The van der Waals surface area contributed by atoms with Crippen molar-refractivity contribution in [2.75, 3.05) is 7.11 Å². The van der Waals surface area contributed by atoms with Gasteiger partial charge in [-0.05, 0) is 6.42 Å². The molecule has 0 N–H and O–H groups in total. The fraction of sp³-hybridized carbons (Fsp3) is 0.917. The molecule has 0 aromatic carbocycles. The Kier molecular flexibility index (Phi) is 3.29. The second-order valence-electron chi connectivity index (χ2n) is 4.71. The molecule has 4 unspecified atom stereocenters. The number of rotatable bonds is 4. The standard InChI is InChI=1S/C12H20O3/c1-3-4-5-8-9-6-12(13)15-11(8)7-10(9)14-2/h8-11H,3-7H2,1-2H3. The summed E-state index contributed by atoms with van der Waals surface area (Å²) in [4.78, 5) is 11.3. The van der Waals surface area contributed by atoms with Crippen LogP contribution >= 0.6 is 0 Å². The van der Waals surface area contributed by atoms with Crippen molar-refractivity contribution in [2.24, 2.45) is 11.8 Å². The fourth-order valence-electron chi connectivity index (χ4n) is 3.07. The predicted octanol–water partition coefficient (Wildman–Crippen LogP) is 2.14. The minimum atomic E-state index is -0.0303. The summed E-state index contributed by atoms with van der Waals surface area (Å²) in [5, 5.41) is 0. The number of ether oxygens (including phenoxy) is 2. The van der Waals surface area contributed by atoms with Gasteiger partial charge in [-0.25, -0.2) is 0 Å². The highest BCUT2D eigenvalue weighted by Gasteiger charge is 2.49. The zero-order valence-electron chi connectivity index (χ0n) is 9.57. The third-order valence-corrected chi connectivity index (χ3v) is 3.85. The molecule has 2 rings (SSSR count). The summed E-state index contributed by atoms with van der Waals surface area (Å²) in [5.41, 5.74) is 0. The normalized spacial score (nSPS) is 39.2. The average molecular weight is 212 g/mol. The molecule has 1 saturated carbocycles. The number of methoxy groups -OCH3 is 1. The number of fused-ring (bicyclic) bond motifs is 2. The van der Waals surface area contributed by atoms with Crippen molar-refractivity contribution >= 4 is 5.97 Å². The summed E-state index contributed by atoms with van der Waals surface area (Å²) in [6, 6.07) is 0. The first-order valence-electron chi connectivity index (χ1n) is 5.98. The van der Waals surface area contributed by atoms with Gasteiger partial charge in [0.15, 0.2) is 0 Å². The van der Waals surface area contributed by atoms with Crippen molar-refractivity contribution in [1.82, 2.24) is 0 Å². The lowest BCUT2D eigenvalue weighted by Crippen LogP contribution is -2.33. The van der Waals surface area contributed by atoms with Gasteiger partial charge < -0.3 is 9.47 Å². The third-order valence-electron chi connectivity index (χ3n) is 3.85. The van der Waals surface area contributed by atoms with E-state index in [9.17, 15) is 4.79 Å². The van der Waals surface area contributed by atoms with Crippen LogP contribution in [0.5, 0.6) is 0 Å². The second kappa shape index (κ2) is 4.52. The minimum absolute atomic E-state index is 0.0303. The Bertz CT molecular complexity index is 239. The smallest absolute Gasteiger partial charge is 0.306 e. The van der Waals surface area contributed by atoms with Crippen LogP contribution in [-0.4, -0.2) is 25.3 Å². The zero-order valence-corrected chi connectivity index (χ0v) is 9.57. The molecule has 2 bridgehead atoms. The highest BCUT2D eigenvalue weighted by Crippen LogP contribution is 2.44. The summed E-state index contributed by atoms with van der Waals surface area (Å²) in [6.07, 6.45) is 5.45. The molecule has 1 saturated heterocycles. The Hall–Kier alpha value is -0.570. The molecular formula is C12H20O3. The summed E-state index contributed by atoms with van der Waals surface area (Å²) in [5.74, 6) is 0.928. The van der Waals surface area contributed by atoms with E-state index in [0.29, 0.717) is 18.3 Å². The molecular weight excluding hydrogens is 192 g/mol. The van der Waals surface area contributed by atoms with Gasteiger partial charge in [-0.2, -0.15) is 0 Å². The highest BCUT2D eigenvalue weighted by molar-refractivity contribution is 5.71. The molecule has 1 aliphatic carbocycles. The van der Waals surface area contributed by atoms with Crippen LogP contribution in [0.4, 0.5) is 0 Å². The summed E-state index contributed by atoms with van der Waals surface area (Å²) in [7, 11) is 1.74. The van der Waals surface area contributed by atoms with Gasteiger partial charge in [0.2, 0.25) is 0 Å².